The van der Waals surface area contributed by atoms with Gasteiger partial charge < -0.3 is 15.2 Å². The Labute approximate surface area is 220 Å². The molecule has 186 valence electrons. The van der Waals surface area contributed by atoms with Gasteiger partial charge in [0.2, 0.25) is 0 Å². The van der Waals surface area contributed by atoms with Crippen LogP contribution in [-0.2, 0) is 9.84 Å². The highest BCUT2D eigenvalue weighted by Crippen LogP contribution is 2.33. The molecule has 9 heteroatoms. The second-order valence-corrected chi connectivity index (χ2v) is 11.7. The Morgan fingerprint density at radius 2 is 1.73 bits per heavy atom. The average Bonchev–Trinajstić information content (AvgIpc) is 3.40. The molecule has 1 saturated heterocycles. The Hall–Kier alpha value is -3.88. The van der Waals surface area contributed by atoms with Gasteiger partial charge in [-0.3, -0.25) is 0 Å². The number of imidazole rings is 1. The minimum atomic E-state index is -2.94. The SMILES string of the molecule is O=S1(=O)CCN(c2ccc3c(Nc4ccc(Cl)c(-c5ncc(-c6ccccc6)[nH]5)c4)cccc3n2)CC1. The number of halogens is 1. The summed E-state index contributed by atoms with van der Waals surface area (Å²) < 4.78 is 23.6. The molecule has 0 spiro atoms. The summed E-state index contributed by atoms with van der Waals surface area (Å²) in [6.45, 7) is 0.927. The summed E-state index contributed by atoms with van der Waals surface area (Å²) in [4.78, 5) is 14.8. The number of pyridine rings is 1. The molecule has 2 aromatic heterocycles. The van der Waals surface area contributed by atoms with Gasteiger partial charge in [0, 0.05) is 35.4 Å². The fraction of sp³-hybridized carbons (Fsp3) is 0.143. The monoisotopic (exact) mass is 529 g/mol. The van der Waals surface area contributed by atoms with Crippen LogP contribution >= 0.6 is 11.6 Å². The van der Waals surface area contributed by atoms with Crippen LogP contribution in [0.25, 0.3) is 33.5 Å². The molecular weight excluding hydrogens is 506 g/mol. The van der Waals surface area contributed by atoms with E-state index >= 15 is 0 Å². The summed E-state index contributed by atoms with van der Waals surface area (Å²) in [5, 5.41) is 5.07. The number of hydrogen-bond donors (Lipinski definition) is 2. The Kier molecular flexibility index (Phi) is 6.06. The zero-order valence-corrected chi connectivity index (χ0v) is 21.4. The zero-order valence-electron chi connectivity index (χ0n) is 19.9. The van der Waals surface area contributed by atoms with Crippen molar-refractivity contribution in [3.63, 3.8) is 0 Å². The van der Waals surface area contributed by atoms with Gasteiger partial charge in [-0.1, -0.05) is 48.0 Å². The number of aromatic nitrogens is 3. The van der Waals surface area contributed by atoms with Gasteiger partial charge in [-0.15, -0.1) is 0 Å². The van der Waals surface area contributed by atoms with E-state index < -0.39 is 9.84 Å². The molecule has 1 aliphatic rings. The first-order chi connectivity index (χ1) is 17.9. The second kappa shape index (κ2) is 9.53. The Morgan fingerprint density at radius 3 is 2.54 bits per heavy atom. The van der Waals surface area contributed by atoms with E-state index in [1.54, 1.807) is 0 Å². The summed E-state index contributed by atoms with van der Waals surface area (Å²) in [6, 6.07) is 25.7. The topological polar surface area (TPSA) is 91.0 Å². The van der Waals surface area contributed by atoms with Gasteiger partial charge in [-0.05, 0) is 48.0 Å². The molecular formula is C28H24ClN5O2S. The van der Waals surface area contributed by atoms with Gasteiger partial charge in [0.25, 0.3) is 0 Å². The van der Waals surface area contributed by atoms with Crippen molar-refractivity contribution in [3.8, 4) is 22.6 Å². The first-order valence-corrected chi connectivity index (χ1v) is 14.2. The Morgan fingerprint density at radius 1 is 0.919 bits per heavy atom. The summed E-state index contributed by atoms with van der Waals surface area (Å²) in [5.41, 5.74) is 5.40. The van der Waals surface area contributed by atoms with Crippen molar-refractivity contribution >= 4 is 49.5 Å². The molecule has 6 rings (SSSR count). The number of nitrogens with zero attached hydrogens (tertiary/aromatic N) is 3. The van der Waals surface area contributed by atoms with E-state index in [2.05, 4.69) is 15.3 Å². The van der Waals surface area contributed by atoms with Crippen molar-refractivity contribution in [2.75, 3.05) is 34.8 Å². The molecule has 0 aliphatic carbocycles. The fourth-order valence-electron chi connectivity index (χ4n) is 4.53. The van der Waals surface area contributed by atoms with Crippen molar-refractivity contribution < 1.29 is 8.42 Å². The lowest BCUT2D eigenvalue weighted by molar-refractivity contribution is 0.586. The van der Waals surface area contributed by atoms with Crippen LogP contribution in [-0.4, -0.2) is 48.0 Å². The third-order valence-corrected chi connectivity index (χ3v) is 8.49. The number of sulfone groups is 1. The minimum absolute atomic E-state index is 0.162. The molecule has 0 atom stereocenters. The maximum Gasteiger partial charge on any atom is 0.153 e. The third-order valence-electron chi connectivity index (χ3n) is 6.55. The van der Waals surface area contributed by atoms with Gasteiger partial charge in [0.15, 0.2) is 9.84 Å². The zero-order chi connectivity index (χ0) is 25.4. The number of anilines is 3. The van der Waals surface area contributed by atoms with Crippen molar-refractivity contribution in [1.82, 2.24) is 15.0 Å². The van der Waals surface area contributed by atoms with Crippen molar-refractivity contribution in [1.29, 1.82) is 0 Å². The smallest absolute Gasteiger partial charge is 0.153 e. The number of H-pyrrole nitrogens is 1. The molecule has 3 aromatic carbocycles. The van der Waals surface area contributed by atoms with Crippen molar-refractivity contribution in [3.05, 3.63) is 90.1 Å². The van der Waals surface area contributed by atoms with E-state index in [4.69, 9.17) is 16.6 Å². The number of hydrogen-bond acceptors (Lipinski definition) is 6. The highest BCUT2D eigenvalue weighted by atomic mass is 35.5. The van der Waals surface area contributed by atoms with Gasteiger partial charge in [0.05, 0.1) is 33.9 Å². The molecule has 0 bridgehead atoms. The molecule has 0 amide bonds. The van der Waals surface area contributed by atoms with Crippen LogP contribution in [0, 0.1) is 0 Å². The van der Waals surface area contributed by atoms with Gasteiger partial charge in [0.1, 0.15) is 11.6 Å². The summed E-state index contributed by atoms with van der Waals surface area (Å²) in [6.07, 6.45) is 1.81. The van der Waals surface area contributed by atoms with E-state index in [9.17, 15) is 8.42 Å². The van der Waals surface area contributed by atoms with Crippen LogP contribution in [0.4, 0.5) is 17.2 Å². The maximum absolute atomic E-state index is 11.8. The quantitative estimate of drug-likeness (QED) is 0.293. The highest BCUT2D eigenvalue weighted by molar-refractivity contribution is 7.91. The molecule has 0 saturated carbocycles. The average molecular weight is 530 g/mol. The van der Waals surface area contributed by atoms with Gasteiger partial charge in [-0.2, -0.15) is 0 Å². The predicted octanol–water partition coefficient (Wildman–Crippen LogP) is 5.92. The normalized spacial score (nSPS) is 15.1. The lowest BCUT2D eigenvalue weighted by Gasteiger charge is -2.28. The fourth-order valence-corrected chi connectivity index (χ4v) is 5.94. The standard InChI is InChI=1S/C28H24ClN5O2S/c29-23-11-9-20(17-22(23)28-30-18-26(33-28)19-5-2-1-3-6-19)31-24-7-4-8-25-21(24)10-12-27(32-25)34-13-15-37(35,36)16-14-34/h1-12,17-18,31H,13-16H2,(H,30,33). The minimum Gasteiger partial charge on any atom is -0.355 e. The number of fused-ring (bicyclic) bond motifs is 1. The predicted molar refractivity (Wildman–Crippen MR) is 150 cm³/mol. The first kappa shape index (κ1) is 23.5. The molecule has 1 aliphatic heterocycles. The number of rotatable bonds is 5. The van der Waals surface area contributed by atoms with E-state index in [-0.39, 0.29) is 11.5 Å². The van der Waals surface area contributed by atoms with E-state index in [1.807, 2.05) is 90.0 Å². The molecule has 1 fully saturated rings. The van der Waals surface area contributed by atoms with Crippen LogP contribution in [0.5, 0.6) is 0 Å². The maximum atomic E-state index is 11.8. The number of benzene rings is 3. The van der Waals surface area contributed by atoms with Crippen molar-refractivity contribution in [2.45, 2.75) is 0 Å². The van der Waals surface area contributed by atoms with Crippen LogP contribution in [0.2, 0.25) is 5.02 Å². The Balaban J connectivity index is 1.27. The molecule has 0 unspecified atom stereocenters. The largest absolute Gasteiger partial charge is 0.355 e. The molecule has 5 aromatic rings. The summed E-state index contributed by atoms with van der Waals surface area (Å²) >= 11 is 6.55. The molecule has 37 heavy (non-hydrogen) atoms. The van der Waals surface area contributed by atoms with Crippen LogP contribution in [0.15, 0.2) is 85.1 Å². The van der Waals surface area contributed by atoms with E-state index in [0.29, 0.717) is 23.9 Å². The first-order valence-electron chi connectivity index (χ1n) is 12.0. The lowest BCUT2D eigenvalue weighted by Crippen LogP contribution is -2.40. The molecule has 3 heterocycles. The van der Waals surface area contributed by atoms with Crippen LogP contribution in [0.1, 0.15) is 0 Å². The van der Waals surface area contributed by atoms with E-state index in [0.717, 1.165) is 44.9 Å². The lowest BCUT2D eigenvalue weighted by atomic mass is 10.1. The van der Waals surface area contributed by atoms with Crippen molar-refractivity contribution in [2.24, 2.45) is 0 Å². The van der Waals surface area contributed by atoms with Crippen LogP contribution < -0.4 is 10.2 Å². The van der Waals surface area contributed by atoms with Crippen LogP contribution in [0.3, 0.4) is 0 Å². The molecule has 7 nitrogen and oxygen atoms in total. The number of nitrogens with one attached hydrogen (secondary N) is 2. The molecule has 0 radical (unpaired) electrons. The van der Waals surface area contributed by atoms with Gasteiger partial charge >= 0.3 is 0 Å². The Bertz CT molecular complexity index is 1690. The van der Waals surface area contributed by atoms with Gasteiger partial charge in [-0.25, -0.2) is 18.4 Å². The third kappa shape index (κ3) is 4.90. The molecule has 2 N–H and O–H groups in total. The second-order valence-electron chi connectivity index (χ2n) is 9.01. The number of aromatic amines is 1. The highest BCUT2D eigenvalue weighted by Gasteiger charge is 2.22. The summed E-state index contributed by atoms with van der Waals surface area (Å²) in [7, 11) is -2.94. The van der Waals surface area contributed by atoms with E-state index in [1.165, 1.54) is 0 Å². The summed E-state index contributed by atoms with van der Waals surface area (Å²) in [5.74, 6) is 1.81.